The average molecular weight is 331 g/mol. The van der Waals surface area contributed by atoms with Gasteiger partial charge in [-0.05, 0) is 37.1 Å². The number of halogens is 2. The van der Waals surface area contributed by atoms with Gasteiger partial charge in [0.15, 0.2) is 0 Å². The van der Waals surface area contributed by atoms with Gasteiger partial charge in [0.25, 0.3) is 0 Å². The smallest absolute Gasteiger partial charge is 0.229 e. The number of methoxy groups -OCH3 is 1. The summed E-state index contributed by atoms with van der Waals surface area (Å²) < 4.78 is 5.21. The van der Waals surface area contributed by atoms with Gasteiger partial charge in [0.05, 0.1) is 12.0 Å². The summed E-state index contributed by atoms with van der Waals surface area (Å²) in [5.41, 5.74) is 0.533. The third-order valence-electron chi connectivity index (χ3n) is 3.84. The minimum absolute atomic E-state index is 0.0411. The van der Waals surface area contributed by atoms with Crippen LogP contribution in [0.15, 0.2) is 18.2 Å². The van der Waals surface area contributed by atoms with E-state index in [1.165, 1.54) is 0 Å². The van der Waals surface area contributed by atoms with Crippen LogP contribution in [0.5, 0.6) is 0 Å². The first-order valence-electron chi connectivity index (χ1n) is 6.99. The van der Waals surface area contributed by atoms with Crippen molar-refractivity contribution in [3.05, 3.63) is 33.8 Å². The van der Waals surface area contributed by atoms with Crippen LogP contribution in [0.2, 0.25) is 10.0 Å². The molecule has 0 aromatic heterocycles. The van der Waals surface area contributed by atoms with Crippen LogP contribution in [0, 0.1) is 5.41 Å². The lowest BCUT2D eigenvalue weighted by atomic mass is 9.87. The number of amides is 1. The molecule has 0 aliphatic carbocycles. The minimum Gasteiger partial charge on any atom is -0.384 e. The lowest BCUT2D eigenvalue weighted by Crippen LogP contribution is -2.46. The highest BCUT2D eigenvalue weighted by Gasteiger charge is 2.41. The maximum absolute atomic E-state index is 12.4. The highest BCUT2D eigenvalue weighted by atomic mass is 35.5. The van der Waals surface area contributed by atoms with Gasteiger partial charge in [0.2, 0.25) is 5.91 Å². The van der Waals surface area contributed by atoms with Crippen molar-refractivity contribution in [1.82, 2.24) is 10.6 Å². The number of carbonyl (C=O) groups is 1. The lowest BCUT2D eigenvalue weighted by Gasteiger charge is -2.26. The van der Waals surface area contributed by atoms with E-state index in [0.717, 1.165) is 18.5 Å². The first kappa shape index (κ1) is 16.6. The van der Waals surface area contributed by atoms with E-state index in [1.807, 2.05) is 6.07 Å². The molecule has 1 unspecified atom stereocenters. The third kappa shape index (κ3) is 4.10. The molecule has 0 radical (unpaired) electrons. The van der Waals surface area contributed by atoms with Crippen LogP contribution in [0.3, 0.4) is 0 Å². The van der Waals surface area contributed by atoms with Crippen molar-refractivity contribution in [2.24, 2.45) is 5.41 Å². The molecule has 0 spiro atoms. The van der Waals surface area contributed by atoms with Gasteiger partial charge < -0.3 is 15.4 Å². The van der Waals surface area contributed by atoms with Gasteiger partial charge in [-0.1, -0.05) is 29.3 Å². The van der Waals surface area contributed by atoms with Crippen LogP contribution in [-0.2, 0) is 16.0 Å². The van der Waals surface area contributed by atoms with E-state index in [-0.39, 0.29) is 5.91 Å². The number of rotatable bonds is 6. The fourth-order valence-corrected chi connectivity index (χ4v) is 3.13. The second kappa shape index (κ2) is 7.45. The van der Waals surface area contributed by atoms with Crippen LogP contribution in [0.25, 0.3) is 0 Å². The second-order valence-electron chi connectivity index (χ2n) is 5.38. The van der Waals surface area contributed by atoms with E-state index < -0.39 is 5.41 Å². The monoisotopic (exact) mass is 330 g/mol. The number of hydrogen-bond donors (Lipinski definition) is 2. The van der Waals surface area contributed by atoms with Crippen LogP contribution in [0.4, 0.5) is 0 Å². The highest BCUT2D eigenvalue weighted by Crippen LogP contribution is 2.26. The molecular weight excluding hydrogens is 311 g/mol. The van der Waals surface area contributed by atoms with E-state index >= 15 is 0 Å². The molecule has 116 valence electrons. The SMILES string of the molecule is COCC1(C(=O)NCCc2ccc(Cl)cc2Cl)CCNC1. The summed E-state index contributed by atoms with van der Waals surface area (Å²) in [5, 5.41) is 7.46. The third-order valence-corrected chi connectivity index (χ3v) is 4.43. The fourth-order valence-electron chi connectivity index (χ4n) is 2.63. The first-order valence-corrected chi connectivity index (χ1v) is 7.75. The van der Waals surface area contributed by atoms with E-state index in [0.29, 0.717) is 36.2 Å². The Morgan fingerprint density at radius 2 is 2.29 bits per heavy atom. The van der Waals surface area contributed by atoms with Crippen molar-refractivity contribution in [3.8, 4) is 0 Å². The molecule has 1 aromatic rings. The van der Waals surface area contributed by atoms with E-state index in [9.17, 15) is 4.79 Å². The molecule has 4 nitrogen and oxygen atoms in total. The van der Waals surface area contributed by atoms with E-state index in [2.05, 4.69) is 10.6 Å². The molecule has 6 heteroatoms. The Morgan fingerprint density at radius 1 is 1.48 bits per heavy atom. The average Bonchev–Trinajstić information content (AvgIpc) is 2.91. The van der Waals surface area contributed by atoms with Gasteiger partial charge in [-0.15, -0.1) is 0 Å². The highest BCUT2D eigenvalue weighted by molar-refractivity contribution is 6.35. The van der Waals surface area contributed by atoms with Crippen LogP contribution >= 0.6 is 23.2 Å². The van der Waals surface area contributed by atoms with E-state index in [4.69, 9.17) is 27.9 Å². The van der Waals surface area contributed by atoms with Crippen LogP contribution < -0.4 is 10.6 Å². The number of hydrogen-bond acceptors (Lipinski definition) is 3. The van der Waals surface area contributed by atoms with Gasteiger partial charge in [-0.3, -0.25) is 4.79 Å². The number of nitrogens with one attached hydrogen (secondary N) is 2. The Kier molecular flexibility index (Phi) is 5.88. The van der Waals surface area contributed by atoms with Crippen LogP contribution in [0.1, 0.15) is 12.0 Å². The molecule has 0 saturated carbocycles. The molecule has 2 rings (SSSR count). The van der Waals surface area contributed by atoms with Gasteiger partial charge in [0.1, 0.15) is 0 Å². The molecule has 1 fully saturated rings. The van der Waals surface area contributed by atoms with Crippen molar-refractivity contribution in [2.75, 3.05) is 33.4 Å². The molecule has 1 aliphatic rings. The molecule has 1 atom stereocenters. The zero-order chi connectivity index (χ0) is 15.3. The summed E-state index contributed by atoms with van der Waals surface area (Å²) in [7, 11) is 1.63. The zero-order valence-corrected chi connectivity index (χ0v) is 13.6. The quantitative estimate of drug-likeness (QED) is 0.841. The Morgan fingerprint density at radius 3 is 2.90 bits per heavy atom. The maximum Gasteiger partial charge on any atom is 0.229 e. The fraction of sp³-hybridized carbons (Fsp3) is 0.533. The molecule has 1 saturated heterocycles. The Hall–Kier alpha value is -0.810. The Labute approximate surface area is 135 Å². The van der Waals surface area contributed by atoms with E-state index in [1.54, 1.807) is 19.2 Å². The predicted molar refractivity (Wildman–Crippen MR) is 85.0 cm³/mol. The van der Waals surface area contributed by atoms with Crippen molar-refractivity contribution >= 4 is 29.1 Å². The molecule has 2 N–H and O–H groups in total. The molecule has 1 heterocycles. The standard InChI is InChI=1S/C15H20Cl2N2O2/c1-21-10-15(5-7-18-9-15)14(20)19-6-4-11-2-3-12(16)8-13(11)17/h2-3,8,18H,4-7,9-10H2,1H3,(H,19,20). The first-order chi connectivity index (χ1) is 10.1. The zero-order valence-electron chi connectivity index (χ0n) is 12.0. The van der Waals surface area contributed by atoms with Gasteiger partial charge >= 0.3 is 0 Å². The largest absolute Gasteiger partial charge is 0.384 e. The number of carbonyl (C=O) groups excluding carboxylic acids is 1. The minimum atomic E-state index is -0.446. The summed E-state index contributed by atoms with van der Waals surface area (Å²) in [5.74, 6) is 0.0411. The van der Waals surface area contributed by atoms with Gasteiger partial charge in [-0.2, -0.15) is 0 Å². The van der Waals surface area contributed by atoms with Gasteiger partial charge in [-0.25, -0.2) is 0 Å². The maximum atomic E-state index is 12.4. The topological polar surface area (TPSA) is 50.4 Å². The summed E-state index contributed by atoms with van der Waals surface area (Å²) >= 11 is 12.0. The van der Waals surface area contributed by atoms with Crippen molar-refractivity contribution in [1.29, 1.82) is 0 Å². The van der Waals surface area contributed by atoms with Gasteiger partial charge in [0, 0.05) is 30.2 Å². The number of ether oxygens (including phenoxy) is 1. The summed E-state index contributed by atoms with van der Waals surface area (Å²) in [6, 6.07) is 5.41. The number of benzene rings is 1. The van der Waals surface area contributed by atoms with Crippen molar-refractivity contribution in [3.63, 3.8) is 0 Å². The summed E-state index contributed by atoms with van der Waals surface area (Å²) in [4.78, 5) is 12.4. The second-order valence-corrected chi connectivity index (χ2v) is 6.23. The lowest BCUT2D eigenvalue weighted by molar-refractivity contribution is -0.132. The van der Waals surface area contributed by atoms with Crippen LogP contribution in [-0.4, -0.2) is 39.3 Å². The molecule has 0 bridgehead atoms. The normalized spacial score (nSPS) is 21.5. The summed E-state index contributed by atoms with van der Waals surface area (Å²) in [6.07, 6.45) is 1.48. The molecule has 1 aromatic carbocycles. The molecular formula is C15H20Cl2N2O2. The molecule has 1 aliphatic heterocycles. The molecule has 21 heavy (non-hydrogen) atoms. The Bertz CT molecular complexity index is 502. The van der Waals surface area contributed by atoms with Crippen molar-refractivity contribution in [2.45, 2.75) is 12.8 Å². The molecule has 1 amide bonds. The Balaban J connectivity index is 1.88. The summed E-state index contributed by atoms with van der Waals surface area (Å²) in [6.45, 7) is 2.49. The van der Waals surface area contributed by atoms with Crippen molar-refractivity contribution < 1.29 is 9.53 Å². The predicted octanol–water partition coefficient (Wildman–Crippen LogP) is 2.28.